The number of hydrogen-bond acceptors (Lipinski definition) is 3. The SMILES string of the molecule is O=C(Nc1ccc(F)c(F)c1)N1CCC2(CC1)C(=O)N(c1ccccc1)C2C1=CC=C(O)CC1. The molecule has 0 saturated carbocycles. The topological polar surface area (TPSA) is 72.9 Å². The van der Waals surface area contributed by atoms with E-state index in [-0.39, 0.29) is 17.6 Å². The molecule has 2 heterocycles. The van der Waals surface area contributed by atoms with Crippen LogP contribution in [0.15, 0.2) is 72.0 Å². The van der Waals surface area contributed by atoms with Gasteiger partial charge in [-0.15, -0.1) is 0 Å². The minimum Gasteiger partial charge on any atom is -0.512 e. The van der Waals surface area contributed by atoms with Crippen LogP contribution in [0.3, 0.4) is 0 Å². The van der Waals surface area contributed by atoms with Crippen molar-refractivity contribution in [1.29, 1.82) is 0 Å². The lowest BCUT2D eigenvalue weighted by Gasteiger charge is -2.59. The molecule has 0 aromatic heterocycles. The second-order valence-corrected chi connectivity index (χ2v) is 9.02. The molecule has 1 unspecified atom stereocenters. The monoisotopic (exact) mass is 465 g/mol. The fourth-order valence-electron chi connectivity index (χ4n) is 5.27. The smallest absolute Gasteiger partial charge is 0.321 e. The number of likely N-dealkylation sites (tertiary alicyclic amines) is 1. The van der Waals surface area contributed by atoms with E-state index in [1.54, 1.807) is 11.0 Å². The Bertz CT molecular complexity index is 1190. The maximum atomic E-state index is 13.5. The lowest BCUT2D eigenvalue weighted by atomic mass is 9.61. The van der Waals surface area contributed by atoms with Crippen LogP contribution in [0.4, 0.5) is 25.0 Å². The van der Waals surface area contributed by atoms with E-state index >= 15 is 0 Å². The summed E-state index contributed by atoms with van der Waals surface area (Å²) in [6.07, 6.45) is 5.82. The molecule has 5 rings (SSSR count). The fraction of sp³-hybridized carbons (Fsp3) is 0.308. The van der Waals surface area contributed by atoms with Crippen molar-refractivity contribution in [2.75, 3.05) is 23.3 Å². The fourth-order valence-corrected chi connectivity index (χ4v) is 5.27. The Morgan fingerprint density at radius 2 is 1.74 bits per heavy atom. The molecule has 1 spiro atoms. The third-order valence-electron chi connectivity index (χ3n) is 7.09. The number of aliphatic hydroxyl groups excluding tert-OH is 1. The highest BCUT2D eigenvalue weighted by Crippen LogP contribution is 2.53. The Balaban J connectivity index is 1.34. The lowest BCUT2D eigenvalue weighted by Crippen LogP contribution is -2.72. The summed E-state index contributed by atoms with van der Waals surface area (Å²) in [5, 5.41) is 12.4. The quantitative estimate of drug-likeness (QED) is 0.616. The van der Waals surface area contributed by atoms with Gasteiger partial charge >= 0.3 is 6.03 Å². The van der Waals surface area contributed by atoms with Gasteiger partial charge in [-0.25, -0.2) is 13.6 Å². The summed E-state index contributed by atoms with van der Waals surface area (Å²) in [4.78, 5) is 29.7. The Kier molecular flexibility index (Phi) is 5.59. The van der Waals surface area contributed by atoms with E-state index < -0.39 is 23.1 Å². The lowest BCUT2D eigenvalue weighted by molar-refractivity contribution is -0.142. The van der Waals surface area contributed by atoms with Crippen molar-refractivity contribution in [3.05, 3.63) is 83.6 Å². The molecule has 2 fully saturated rings. The number of nitrogens with one attached hydrogen (secondary N) is 1. The number of carbonyl (C=O) groups is 2. The number of allylic oxidation sites excluding steroid dienone is 3. The van der Waals surface area contributed by atoms with Crippen LogP contribution in [0.5, 0.6) is 0 Å². The van der Waals surface area contributed by atoms with Crippen LogP contribution in [0.2, 0.25) is 0 Å². The summed E-state index contributed by atoms with van der Waals surface area (Å²) in [5.41, 5.74) is 1.50. The van der Waals surface area contributed by atoms with Gasteiger partial charge in [0.05, 0.1) is 17.2 Å². The molecule has 176 valence electrons. The zero-order valence-corrected chi connectivity index (χ0v) is 18.5. The first-order chi connectivity index (χ1) is 16.4. The summed E-state index contributed by atoms with van der Waals surface area (Å²) in [6, 6.07) is 12.2. The number of carbonyl (C=O) groups excluding carboxylic acids is 2. The van der Waals surface area contributed by atoms with Gasteiger partial charge in [-0.2, -0.15) is 0 Å². The van der Waals surface area contributed by atoms with Crippen LogP contribution in [0.1, 0.15) is 25.7 Å². The number of urea groups is 1. The Morgan fingerprint density at radius 1 is 1.00 bits per heavy atom. The Hall–Kier alpha value is -3.68. The number of nitrogens with zero attached hydrogens (tertiary/aromatic N) is 2. The molecule has 2 aromatic carbocycles. The van der Waals surface area contributed by atoms with Gasteiger partial charge in [0.1, 0.15) is 0 Å². The van der Waals surface area contributed by atoms with E-state index in [1.165, 1.54) is 6.07 Å². The van der Waals surface area contributed by atoms with Gasteiger partial charge < -0.3 is 20.2 Å². The molecule has 0 bridgehead atoms. The number of hydrogen-bond donors (Lipinski definition) is 2. The number of para-hydroxylation sites is 1. The van der Waals surface area contributed by atoms with Crippen molar-refractivity contribution in [2.24, 2.45) is 5.41 Å². The van der Waals surface area contributed by atoms with E-state index in [9.17, 15) is 23.5 Å². The molecular formula is C26H25F2N3O3. The largest absolute Gasteiger partial charge is 0.512 e. The molecule has 0 radical (unpaired) electrons. The Morgan fingerprint density at radius 3 is 2.38 bits per heavy atom. The maximum absolute atomic E-state index is 13.5. The average molecular weight is 466 g/mol. The summed E-state index contributed by atoms with van der Waals surface area (Å²) in [6.45, 7) is 0.740. The van der Waals surface area contributed by atoms with E-state index in [0.717, 1.165) is 23.4 Å². The van der Waals surface area contributed by atoms with Crippen LogP contribution < -0.4 is 10.2 Å². The predicted octanol–water partition coefficient (Wildman–Crippen LogP) is 5.16. The van der Waals surface area contributed by atoms with E-state index in [0.29, 0.717) is 44.5 Å². The normalized spacial score (nSPS) is 21.6. The first-order valence-corrected chi connectivity index (χ1v) is 11.4. The number of rotatable bonds is 3. The highest BCUT2D eigenvalue weighted by atomic mass is 19.2. The van der Waals surface area contributed by atoms with Crippen molar-refractivity contribution in [1.82, 2.24) is 4.90 Å². The number of β-lactam (4-membered cyclic amide) rings is 1. The molecule has 2 saturated heterocycles. The minimum absolute atomic E-state index is 0.0454. The zero-order valence-electron chi connectivity index (χ0n) is 18.5. The summed E-state index contributed by atoms with van der Waals surface area (Å²) >= 11 is 0. The van der Waals surface area contributed by atoms with Crippen LogP contribution in [-0.2, 0) is 4.79 Å². The molecule has 2 aromatic rings. The molecule has 2 aliphatic heterocycles. The van der Waals surface area contributed by atoms with Gasteiger partial charge in [-0.1, -0.05) is 24.3 Å². The van der Waals surface area contributed by atoms with Crippen molar-refractivity contribution in [3.63, 3.8) is 0 Å². The van der Waals surface area contributed by atoms with Crippen LogP contribution >= 0.6 is 0 Å². The molecule has 6 nitrogen and oxygen atoms in total. The summed E-state index contributed by atoms with van der Waals surface area (Å²) in [5.74, 6) is -1.63. The van der Waals surface area contributed by atoms with Gasteiger partial charge in [-0.3, -0.25) is 4.79 Å². The van der Waals surface area contributed by atoms with Crippen molar-refractivity contribution >= 4 is 23.3 Å². The predicted molar refractivity (Wildman–Crippen MR) is 124 cm³/mol. The Labute approximate surface area is 196 Å². The van der Waals surface area contributed by atoms with Crippen LogP contribution in [0.25, 0.3) is 0 Å². The molecule has 3 aliphatic rings. The van der Waals surface area contributed by atoms with Gasteiger partial charge in [0.25, 0.3) is 0 Å². The number of amides is 3. The van der Waals surface area contributed by atoms with Crippen molar-refractivity contribution in [3.8, 4) is 0 Å². The van der Waals surface area contributed by atoms with E-state index in [1.807, 2.05) is 41.3 Å². The number of piperidine rings is 1. The maximum Gasteiger partial charge on any atom is 0.321 e. The van der Waals surface area contributed by atoms with Crippen LogP contribution in [0, 0.1) is 17.0 Å². The number of halogens is 2. The molecule has 2 N–H and O–H groups in total. The highest BCUT2D eigenvalue weighted by Gasteiger charge is 2.62. The number of anilines is 2. The van der Waals surface area contributed by atoms with E-state index in [4.69, 9.17) is 0 Å². The summed E-state index contributed by atoms with van der Waals surface area (Å²) in [7, 11) is 0. The number of benzene rings is 2. The zero-order chi connectivity index (χ0) is 23.9. The van der Waals surface area contributed by atoms with Crippen LogP contribution in [-0.4, -0.2) is 41.1 Å². The van der Waals surface area contributed by atoms with Gasteiger partial charge in [-0.05, 0) is 55.2 Å². The average Bonchev–Trinajstić information content (AvgIpc) is 2.86. The third-order valence-corrected chi connectivity index (χ3v) is 7.09. The van der Waals surface area contributed by atoms with Gasteiger partial charge in [0.2, 0.25) is 5.91 Å². The molecule has 1 atom stereocenters. The van der Waals surface area contributed by atoms with Crippen molar-refractivity contribution in [2.45, 2.75) is 31.7 Å². The molecule has 1 aliphatic carbocycles. The standard InChI is InChI=1S/C26H25F2N3O3/c27-21-11-8-18(16-22(21)28)29-25(34)30-14-12-26(13-15-30)23(17-6-9-20(32)10-7-17)31(24(26)33)19-4-2-1-3-5-19/h1-6,8-9,11,16,23,32H,7,10,12-15H2,(H,29,34). The first kappa shape index (κ1) is 22.1. The molecule has 3 amide bonds. The minimum atomic E-state index is -1.03. The van der Waals surface area contributed by atoms with E-state index in [2.05, 4.69) is 5.32 Å². The van der Waals surface area contributed by atoms with Gasteiger partial charge in [0, 0.05) is 37.0 Å². The molecule has 34 heavy (non-hydrogen) atoms. The first-order valence-electron chi connectivity index (χ1n) is 11.4. The summed E-state index contributed by atoms with van der Waals surface area (Å²) < 4.78 is 26.7. The third kappa shape index (κ3) is 3.73. The van der Waals surface area contributed by atoms with Gasteiger partial charge in [0.15, 0.2) is 11.6 Å². The molecular weight excluding hydrogens is 440 g/mol. The second kappa shape index (κ2) is 8.59. The second-order valence-electron chi connectivity index (χ2n) is 9.02. The van der Waals surface area contributed by atoms with Crippen molar-refractivity contribution < 1.29 is 23.5 Å². The number of aliphatic hydroxyl groups is 1. The highest BCUT2D eigenvalue weighted by molar-refractivity contribution is 6.07. The molecule has 8 heteroatoms.